The number of nitrogens with two attached hydrogens (primary N) is 2. The van der Waals surface area contributed by atoms with Crippen LogP contribution in [-0.2, 0) is 39.0 Å². The molecule has 4 aromatic heterocycles. The lowest BCUT2D eigenvalue weighted by molar-refractivity contribution is -0.646. The van der Waals surface area contributed by atoms with E-state index in [4.69, 9.17) is 30.0 Å². The standard InChI is InChI=1S/C21H28N10O15P2/c1-29-5-31(15-9(29)17(37)28-21(23)26-15)19-13(35)11(33)7(45-19)3-43-48(40,41)46-47(38,39)42-2-6-10(32)12(34)18(44-6)30-4-24-8-14(30)25-20(22)27-16(8)36/h4-7,10-13,18-19,32-35H,2-3H2,1H3,(H7-,22,23,25,26,27,28,36,37,38,39,40,41)/p+1/t6-,7-,10-,11-,12-,13-,18-,19-/m1/s1. The number of nitrogens with one attached hydrogen (secondary N) is 2. The molecule has 0 aliphatic carbocycles. The van der Waals surface area contributed by atoms with Crippen molar-refractivity contribution in [2.45, 2.75) is 49.1 Å². The fourth-order valence-corrected chi connectivity index (χ4v) is 7.38. The molecule has 4 aromatic rings. The molecule has 262 valence electrons. The lowest BCUT2D eigenvalue weighted by Gasteiger charge is -2.20. The first kappa shape index (κ1) is 34.2. The van der Waals surface area contributed by atoms with Crippen molar-refractivity contribution < 1.29 is 66.7 Å². The molecule has 0 saturated carbocycles. The van der Waals surface area contributed by atoms with E-state index < -0.39 is 89.1 Å². The number of anilines is 2. The molecular weight excluding hydrogens is 694 g/mol. The van der Waals surface area contributed by atoms with Gasteiger partial charge in [0, 0.05) is 0 Å². The predicted octanol–water partition coefficient (Wildman–Crippen LogP) is -4.66. The summed E-state index contributed by atoms with van der Waals surface area (Å²) in [5, 5.41) is 42.1. The maximum atomic E-state index is 12.5. The number of nitrogens with zero attached hydrogens (tertiary/aromatic N) is 6. The van der Waals surface area contributed by atoms with E-state index in [0.29, 0.717) is 0 Å². The Bertz CT molecular complexity index is 2080. The van der Waals surface area contributed by atoms with Gasteiger partial charge in [-0.25, -0.2) is 18.7 Å². The Morgan fingerprint density at radius 2 is 1.35 bits per heavy atom. The highest BCUT2D eigenvalue weighted by atomic mass is 31.3. The van der Waals surface area contributed by atoms with Gasteiger partial charge in [0.1, 0.15) is 36.6 Å². The number of nitrogen functional groups attached to an aromatic ring is 2. The summed E-state index contributed by atoms with van der Waals surface area (Å²) in [7, 11) is -9.39. The molecule has 0 bridgehead atoms. The van der Waals surface area contributed by atoms with Crippen LogP contribution < -0.4 is 27.2 Å². The molecule has 2 fully saturated rings. The van der Waals surface area contributed by atoms with Crippen LogP contribution in [0.25, 0.3) is 22.3 Å². The first-order chi connectivity index (χ1) is 22.5. The van der Waals surface area contributed by atoms with Gasteiger partial charge in [-0.1, -0.05) is 0 Å². The Kier molecular flexibility index (Phi) is 8.78. The maximum absolute atomic E-state index is 12.5. The Labute approximate surface area is 265 Å². The molecule has 27 heteroatoms. The van der Waals surface area contributed by atoms with E-state index in [1.807, 2.05) is 0 Å². The lowest BCUT2D eigenvalue weighted by atomic mass is 10.1. The Balaban J connectivity index is 1.07. The Morgan fingerprint density at radius 1 is 0.854 bits per heavy atom. The largest absolute Gasteiger partial charge is 0.481 e. The summed E-state index contributed by atoms with van der Waals surface area (Å²) in [5.74, 6) is -0.516. The molecule has 0 radical (unpaired) electrons. The second-order valence-corrected chi connectivity index (χ2v) is 13.8. The van der Waals surface area contributed by atoms with Crippen molar-refractivity contribution in [1.82, 2.24) is 34.1 Å². The molecule has 2 unspecified atom stereocenters. The van der Waals surface area contributed by atoms with Gasteiger partial charge in [-0.15, -0.1) is 0 Å². The highest BCUT2D eigenvalue weighted by Crippen LogP contribution is 2.60. The number of aryl methyl sites for hydroxylation is 1. The fraction of sp³-hybridized carbons (Fsp3) is 0.524. The number of hydrogen-bond donors (Lipinski definition) is 10. The Morgan fingerprint density at radius 3 is 1.92 bits per heavy atom. The van der Waals surface area contributed by atoms with Crippen LogP contribution >= 0.6 is 15.6 Å². The summed E-state index contributed by atoms with van der Waals surface area (Å²) in [6.07, 6.45) is -10.3. The molecule has 0 spiro atoms. The van der Waals surface area contributed by atoms with E-state index in [1.54, 1.807) is 0 Å². The molecule has 6 heterocycles. The van der Waals surface area contributed by atoms with Crippen LogP contribution in [0.4, 0.5) is 11.9 Å². The quantitative estimate of drug-likeness (QED) is 0.0543. The smallest absolute Gasteiger partial charge is 0.387 e. The van der Waals surface area contributed by atoms with Gasteiger partial charge < -0.3 is 51.2 Å². The fourth-order valence-electron chi connectivity index (χ4n) is 5.29. The molecule has 48 heavy (non-hydrogen) atoms. The number of hydrogen-bond acceptors (Lipinski definition) is 18. The molecule has 2 saturated heterocycles. The van der Waals surface area contributed by atoms with Crippen LogP contribution in [0.2, 0.25) is 0 Å². The normalized spacial score (nSPS) is 30.2. The van der Waals surface area contributed by atoms with Gasteiger partial charge in [0.15, 0.2) is 17.4 Å². The number of ether oxygens (including phenoxy) is 2. The zero-order valence-corrected chi connectivity index (χ0v) is 26.1. The summed E-state index contributed by atoms with van der Waals surface area (Å²) in [6.45, 7) is -1.92. The van der Waals surface area contributed by atoms with E-state index in [2.05, 4.69) is 29.2 Å². The number of aliphatic hydroxyl groups is 4. The molecule has 0 aromatic carbocycles. The van der Waals surface area contributed by atoms with Crippen molar-refractivity contribution in [2.75, 3.05) is 24.7 Å². The predicted molar refractivity (Wildman–Crippen MR) is 153 cm³/mol. The number of imidazole rings is 2. The molecule has 10 atom stereocenters. The zero-order valence-electron chi connectivity index (χ0n) is 24.3. The third-order valence-electron chi connectivity index (χ3n) is 7.47. The van der Waals surface area contributed by atoms with Gasteiger partial charge in [-0.05, 0) is 0 Å². The summed E-state index contributed by atoms with van der Waals surface area (Å²) in [4.78, 5) is 60.9. The minimum absolute atomic E-state index is 0.0173. The summed E-state index contributed by atoms with van der Waals surface area (Å²) in [5.41, 5.74) is 9.66. The highest BCUT2D eigenvalue weighted by Gasteiger charge is 2.50. The van der Waals surface area contributed by atoms with Crippen molar-refractivity contribution in [1.29, 1.82) is 0 Å². The third-order valence-corrected chi connectivity index (χ3v) is 10.1. The molecule has 2 aliphatic rings. The summed E-state index contributed by atoms with van der Waals surface area (Å²) < 4.78 is 53.5. The van der Waals surface area contributed by atoms with Crippen molar-refractivity contribution in [2.24, 2.45) is 7.05 Å². The van der Waals surface area contributed by atoms with Crippen molar-refractivity contribution in [3.63, 3.8) is 0 Å². The molecule has 25 nitrogen and oxygen atoms in total. The highest BCUT2D eigenvalue weighted by molar-refractivity contribution is 7.61. The van der Waals surface area contributed by atoms with Gasteiger partial charge in [-0.2, -0.15) is 18.8 Å². The van der Waals surface area contributed by atoms with Crippen LogP contribution in [0.1, 0.15) is 12.5 Å². The van der Waals surface area contributed by atoms with E-state index in [0.717, 1.165) is 10.9 Å². The number of phosphoric ester groups is 2. The van der Waals surface area contributed by atoms with Crippen molar-refractivity contribution in [3.05, 3.63) is 33.4 Å². The molecule has 0 amide bonds. The van der Waals surface area contributed by atoms with Crippen LogP contribution in [0.5, 0.6) is 0 Å². The molecular formula is C21H29N10O15P2+. The second kappa shape index (κ2) is 12.3. The van der Waals surface area contributed by atoms with Crippen LogP contribution in [0, 0.1) is 0 Å². The number of aromatic amines is 2. The topological polar surface area (TPSA) is 372 Å². The number of aromatic nitrogens is 8. The van der Waals surface area contributed by atoms with E-state index in [-0.39, 0.29) is 34.2 Å². The lowest BCUT2D eigenvalue weighted by Crippen LogP contribution is -2.34. The third kappa shape index (κ3) is 6.27. The van der Waals surface area contributed by atoms with Crippen LogP contribution in [0.15, 0.2) is 22.2 Å². The minimum atomic E-state index is -5.44. The Hall–Kier alpha value is -3.68. The summed E-state index contributed by atoms with van der Waals surface area (Å²) in [6, 6.07) is 0. The monoisotopic (exact) mass is 723 g/mol. The SMILES string of the molecule is C[n+]1cn([C@@H]2O[C@H](COP(=O)(O)OP(=O)(O)OC[C@H]3O[C@@H](n4cnc5c(=O)[nH]c(N)nc54)[C@H](O)[C@@H]3O)[C@@H](O)[C@H]2O)c2nc(N)[nH]c(=O)c21. The average Bonchev–Trinajstić information content (AvgIpc) is 3.70. The first-order valence-corrected chi connectivity index (χ1v) is 16.6. The van der Waals surface area contributed by atoms with Gasteiger partial charge >= 0.3 is 21.2 Å². The average molecular weight is 723 g/mol. The van der Waals surface area contributed by atoms with E-state index >= 15 is 0 Å². The minimum Gasteiger partial charge on any atom is -0.387 e. The van der Waals surface area contributed by atoms with Gasteiger partial charge in [0.2, 0.25) is 24.5 Å². The first-order valence-electron chi connectivity index (χ1n) is 13.6. The molecule has 12 N–H and O–H groups in total. The zero-order chi connectivity index (χ0) is 34.9. The van der Waals surface area contributed by atoms with Crippen molar-refractivity contribution in [3.8, 4) is 0 Å². The summed E-state index contributed by atoms with van der Waals surface area (Å²) >= 11 is 0. The number of H-pyrrole nitrogens is 2. The molecule has 2 aliphatic heterocycles. The van der Waals surface area contributed by atoms with Gasteiger partial charge in [-0.3, -0.25) is 33.2 Å². The van der Waals surface area contributed by atoms with Crippen LogP contribution in [0.3, 0.4) is 0 Å². The van der Waals surface area contributed by atoms with Gasteiger partial charge in [0.25, 0.3) is 16.7 Å². The second-order valence-electron chi connectivity index (χ2n) is 10.7. The molecule has 6 rings (SSSR count). The number of fused-ring (bicyclic) bond motifs is 2. The number of phosphoric acid groups is 2. The van der Waals surface area contributed by atoms with Crippen LogP contribution in [-0.4, -0.2) is 114 Å². The number of aliphatic hydroxyl groups excluding tert-OH is 4. The van der Waals surface area contributed by atoms with E-state index in [9.17, 15) is 48.9 Å². The van der Waals surface area contributed by atoms with E-state index in [1.165, 1.54) is 22.5 Å². The maximum Gasteiger partial charge on any atom is 0.481 e. The number of rotatable bonds is 10. The van der Waals surface area contributed by atoms with Crippen molar-refractivity contribution >= 4 is 49.9 Å². The van der Waals surface area contributed by atoms with Gasteiger partial charge in [0.05, 0.1) is 26.6 Å².